The molecule has 1 aliphatic heterocycles. The molecular formula is C25H32N4O4. The molecule has 1 aliphatic rings. The third-order valence-corrected chi connectivity index (χ3v) is 5.95. The Morgan fingerprint density at radius 3 is 2.52 bits per heavy atom. The Hall–Kier alpha value is -3.18. The van der Waals surface area contributed by atoms with Crippen molar-refractivity contribution in [3.8, 4) is 6.07 Å². The summed E-state index contributed by atoms with van der Waals surface area (Å²) in [5.41, 5.74) is 1.93. The monoisotopic (exact) mass is 452 g/mol. The highest BCUT2D eigenvalue weighted by molar-refractivity contribution is 5.91. The molecule has 0 saturated carbocycles. The standard InChI is InChI=1S/C25H32N4O4/c1-15(2)22(20-11-21(28-33-20)25(3,4)5)24(32)29-14-18(30)10-19(29)23(31)27-13-17-8-6-16(12-26)7-9-17/h6-9,11,15,18-19,22,30H,10,13-14H2,1-5H3,(H,27,31). The maximum Gasteiger partial charge on any atom is 0.243 e. The first-order chi connectivity index (χ1) is 15.5. The fourth-order valence-electron chi connectivity index (χ4n) is 4.01. The Balaban J connectivity index is 1.75. The van der Waals surface area contributed by atoms with E-state index in [0.717, 1.165) is 11.3 Å². The summed E-state index contributed by atoms with van der Waals surface area (Å²) in [4.78, 5) is 28.0. The molecule has 0 aliphatic carbocycles. The molecule has 3 atom stereocenters. The van der Waals surface area contributed by atoms with Gasteiger partial charge in [0.2, 0.25) is 11.8 Å². The zero-order valence-corrected chi connectivity index (χ0v) is 19.8. The van der Waals surface area contributed by atoms with Gasteiger partial charge in [-0.25, -0.2) is 0 Å². The number of nitriles is 1. The molecule has 2 aromatic rings. The van der Waals surface area contributed by atoms with Gasteiger partial charge in [-0.05, 0) is 23.6 Å². The van der Waals surface area contributed by atoms with Crippen molar-refractivity contribution in [3.63, 3.8) is 0 Å². The van der Waals surface area contributed by atoms with Gasteiger partial charge in [-0.1, -0.05) is 51.9 Å². The van der Waals surface area contributed by atoms with Crippen molar-refractivity contribution in [3.05, 3.63) is 52.9 Å². The Kier molecular flexibility index (Phi) is 7.23. The number of aliphatic hydroxyl groups excluding tert-OH is 1. The number of hydrogen-bond donors (Lipinski definition) is 2. The number of benzene rings is 1. The smallest absolute Gasteiger partial charge is 0.243 e. The van der Waals surface area contributed by atoms with Crippen LogP contribution >= 0.6 is 0 Å². The van der Waals surface area contributed by atoms with Gasteiger partial charge in [0, 0.05) is 31.0 Å². The fraction of sp³-hybridized carbons (Fsp3) is 0.520. The van der Waals surface area contributed by atoms with Crippen molar-refractivity contribution < 1.29 is 19.2 Å². The summed E-state index contributed by atoms with van der Waals surface area (Å²) >= 11 is 0. The topological polar surface area (TPSA) is 119 Å². The van der Waals surface area contributed by atoms with E-state index in [-0.39, 0.29) is 42.7 Å². The number of hydrogen-bond acceptors (Lipinski definition) is 6. The lowest BCUT2D eigenvalue weighted by atomic mass is 9.88. The average molecular weight is 453 g/mol. The van der Waals surface area contributed by atoms with Crippen LogP contribution in [0.2, 0.25) is 0 Å². The normalized spacial score (nSPS) is 19.4. The molecule has 3 unspecified atom stereocenters. The molecule has 2 heterocycles. The number of carbonyl (C=O) groups excluding carboxylic acids is 2. The lowest BCUT2D eigenvalue weighted by molar-refractivity contribution is -0.141. The van der Waals surface area contributed by atoms with E-state index in [2.05, 4.69) is 16.5 Å². The van der Waals surface area contributed by atoms with Gasteiger partial charge in [0.25, 0.3) is 0 Å². The molecule has 1 fully saturated rings. The molecule has 0 spiro atoms. The van der Waals surface area contributed by atoms with Crippen LogP contribution in [0.3, 0.4) is 0 Å². The van der Waals surface area contributed by atoms with Gasteiger partial charge in [0.15, 0.2) is 0 Å². The largest absolute Gasteiger partial charge is 0.391 e. The Morgan fingerprint density at radius 1 is 1.30 bits per heavy atom. The predicted molar refractivity (Wildman–Crippen MR) is 122 cm³/mol. The van der Waals surface area contributed by atoms with Gasteiger partial charge in [-0.15, -0.1) is 0 Å². The molecule has 176 valence electrons. The summed E-state index contributed by atoms with van der Waals surface area (Å²) in [5, 5.41) is 26.2. The second-order valence-electron chi connectivity index (χ2n) is 10.0. The van der Waals surface area contributed by atoms with Crippen molar-refractivity contribution in [2.45, 2.75) is 71.1 Å². The van der Waals surface area contributed by atoms with E-state index in [1.165, 1.54) is 4.90 Å². The molecule has 33 heavy (non-hydrogen) atoms. The summed E-state index contributed by atoms with van der Waals surface area (Å²) in [6.07, 6.45) is -0.591. The summed E-state index contributed by atoms with van der Waals surface area (Å²) in [6, 6.07) is 10.0. The molecule has 1 aromatic heterocycles. The second kappa shape index (κ2) is 9.75. The summed E-state index contributed by atoms with van der Waals surface area (Å²) in [7, 11) is 0. The zero-order chi connectivity index (χ0) is 24.3. The van der Waals surface area contributed by atoms with Crippen LogP contribution in [0.5, 0.6) is 0 Å². The average Bonchev–Trinajstić information content (AvgIpc) is 3.39. The lowest BCUT2D eigenvalue weighted by Crippen LogP contribution is -2.48. The van der Waals surface area contributed by atoms with Gasteiger partial charge in [-0.2, -0.15) is 5.26 Å². The van der Waals surface area contributed by atoms with Crippen molar-refractivity contribution in [1.82, 2.24) is 15.4 Å². The first-order valence-corrected chi connectivity index (χ1v) is 11.2. The van der Waals surface area contributed by atoms with Crippen LogP contribution in [-0.2, 0) is 21.5 Å². The number of β-amino-alcohol motifs (C(OH)–C–C–N with tert-alkyl or cyclic N) is 1. The molecule has 0 radical (unpaired) electrons. The number of aromatic nitrogens is 1. The van der Waals surface area contributed by atoms with E-state index in [9.17, 15) is 14.7 Å². The van der Waals surface area contributed by atoms with Crippen LogP contribution in [0.4, 0.5) is 0 Å². The Labute approximate surface area is 194 Å². The Bertz CT molecular complexity index is 1030. The van der Waals surface area contributed by atoms with Gasteiger partial charge >= 0.3 is 0 Å². The van der Waals surface area contributed by atoms with Crippen LogP contribution in [0.25, 0.3) is 0 Å². The summed E-state index contributed by atoms with van der Waals surface area (Å²) in [6.45, 7) is 10.3. The minimum atomic E-state index is -0.771. The Morgan fingerprint density at radius 2 is 1.97 bits per heavy atom. The highest BCUT2D eigenvalue weighted by Crippen LogP contribution is 2.33. The lowest BCUT2D eigenvalue weighted by Gasteiger charge is -2.28. The van der Waals surface area contributed by atoms with Crippen LogP contribution in [0, 0.1) is 17.2 Å². The predicted octanol–water partition coefficient (Wildman–Crippen LogP) is 2.86. The molecule has 8 nitrogen and oxygen atoms in total. The first kappa shape index (κ1) is 24.5. The van der Waals surface area contributed by atoms with Crippen molar-refractivity contribution in [2.24, 2.45) is 5.92 Å². The van der Waals surface area contributed by atoms with E-state index < -0.39 is 18.1 Å². The van der Waals surface area contributed by atoms with E-state index in [4.69, 9.17) is 9.78 Å². The van der Waals surface area contributed by atoms with E-state index >= 15 is 0 Å². The van der Waals surface area contributed by atoms with Gasteiger partial charge in [0.05, 0.1) is 23.4 Å². The van der Waals surface area contributed by atoms with E-state index in [0.29, 0.717) is 11.3 Å². The highest BCUT2D eigenvalue weighted by Gasteiger charge is 2.43. The number of nitrogens with zero attached hydrogens (tertiary/aromatic N) is 3. The molecule has 2 amide bonds. The minimum absolute atomic E-state index is 0.0848. The maximum atomic E-state index is 13.6. The molecule has 0 bridgehead atoms. The van der Waals surface area contributed by atoms with Gasteiger partial charge < -0.3 is 19.8 Å². The SMILES string of the molecule is CC(C)C(C(=O)N1CC(O)CC1C(=O)NCc1ccc(C#N)cc1)c1cc(C(C)(C)C)no1. The van der Waals surface area contributed by atoms with E-state index in [1.807, 2.05) is 40.7 Å². The molecule has 1 aromatic carbocycles. The quantitative estimate of drug-likeness (QED) is 0.696. The van der Waals surface area contributed by atoms with Crippen LogP contribution in [0.1, 0.15) is 69.5 Å². The second-order valence-corrected chi connectivity index (χ2v) is 10.0. The van der Waals surface area contributed by atoms with Crippen LogP contribution in [0.15, 0.2) is 34.9 Å². The minimum Gasteiger partial charge on any atom is -0.391 e. The summed E-state index contributed by atoms with van der Waals surface area (Å²) in [5.74, 6) is -0.791. The number of carbonyl (C=O) groups is 2. The van der Waals surface area contributed by atoms with Crippen LogP contribution < -0.4 is 5.32 Å². The third kappa shape index (κ3) is 5.60. The number of likely N-dealkylation sites (tertiary alicyclic amines) is 1. The summed E-state index contributed by atoms with van der Waals surface area (Å²) < 4.78 is 5.56. The molecule has 3 rings (SSSR count). The molecule has 2 N–H and O–H groups in total. The van der Waals surface area contributed by atoms with Crippen molar-refractivity contribution in [2.75, 3.05) is 6.54 Å². The molecule has 8 heteroatoms. The zero-order valence-electron chi connectivity index (χ0n) is 19.8. The fourth-order valence-corrected chi connectivity index (χ4v) is 4.01. The third-order valence-electron chi connectivity index (χ3n) is 5.95. The molecule has 1 saturated heterocycles. The maximum absolute atomic E-state index is 13.6. The highest BCUT2D eigenvalue weighted by atomic mass is 16.5. The first-order valence-electron chi connectivity index (χ1n) is 11.2. The van der Waals surface area contributed by atoms with Crippen molar-refractivity contribution in [1.29, 1.82) is 5.26 Å². The molecular weight excluding hydrogens is 420 g/mol. The van der Waals surface area contributed by atoms with Gasteiger partial charge in [-0.3, -0.25) is 9.59 Å². The van der Waals surface area contributed by atoms with Crippen molar-refractivity contribution >= 4 is 11.8 Å². The van der Waals surface area contributed by atoms with E-state index in [1.54, 1.807) is 24.3 Å². The van der Waals surface area contributed by atoms with Gasteiger partial charge in [0.1, 0.15) is 17.7 Å². The number of amides is 2. The number of aliphatic hydroxyl groups is 1. The number of rotatable bonds is 6. The number of nitrogens with one attached hydrogen (secondary N) is 1. The van der Waals surface area contributed by atoms with Crippen LogP contribution in [-0.4, -0.2) is 45.7 Å².